The summed E-state index contributed by atoms with van der Waals surface area (Å²) < 4.78 is 0. The molecule has 2 heteroatoms. The van der Waals surface area contributed by atoms with E-state index in [1.54, 1.807) is 0 Å². The Morgan fingerprint density at radius 3 is 2.00 bits per heavy atom. The minimum atomic E-state index is 0.214. The van der Waals surface area contributed by atoms with E-state index in [0.29, 0.717) is 17.8 Å². The van der Waals surface area contributed by atoms with Gasteiger partial charge < -0.3 is 5.11 Å². The minimum absolute atomic E-state index is 0.214. The maximum absolute atomic E-state index is 10.4. The van der Waals surface area contributed by atoms with Gasteiger partial charge in [0.2, 0.25) is 0 Å². The minimum Gasteiger partial charge on any atom is -0.508 e. The summed E-state index contributed by atoms with van der Waals surface area (Å²) in [6.07, 6.45) is 0.997. The average molecular weight is 356 g/mol. The average Bonchev–Trinajstić information content (AvgIpc) is 2.63. The summed E-state index contributed by atoms with van der Waals surface area (Å²) in [5, 5.41) is 10.4. The Labute approximate surface area is 160 Å². The highest BCUT2D eigenvalue weighted by Gasteiger charge is 2.21. The number of benzene rings is 2. The third-order valence-corrected chi connectivity index (χ3v) is 4.76. The standard InChI is InChI=1S/C22H31NO.C2H6/c1-16(2)23(17(3)4)14-13-20(19-9-7-6-8-10-19)21-15-18(5)11-12-22(21)24;1-2/h6-12,15-17,20,24H,13-14H2,1-5H3;1-2H3/t20-;/m1./s1. The number of aryl methyl sites for hydroxylation is 1. The lowest BCUT2D eigenvalue weighted by Crippen LogP contribution is -2.38. The molecule has 0 heterocycles. The van der Waals surface area contributed by atoms with Crippen molar-refractivity contribution in [1.82, 2.24) is 4.90 Å². The second kappa shape index (κ2) is 11.0. The van der Waals surface area contributed by atoms with Crippen molar-refractivity contribution in [3.05, 3.63) is 65.2 Å². The highest BCUT2D eigenvalue weighted by molar-refractivity contribution is 5.43. The predicted molar refractivity (Wildman–Crippen MR) is 114 cm³/mol. The maximum atomic E-state index is 10.4. The number of nitrogens with zero attached hydrogens (tertiary/aromatic N) is 1. The van der Waals surface area contributed by atoms with E-state index in [2.05, 4.69) is 69.9 Å². The first-order valence-corrected chi connectivity index (χ1v) is 10.00. The lowest BCUT2D eigenvalue weighted by Gasteiger charge is -2.32. The van der Waals surface area contributed by atoms with Crippen molar-refractivity contribution in [3.8, 4) is 5.75 Å². The molecular formula is C24H37NO. The molecule has 0 aromatic heterocycles. The van der Waals surface area contributed by atoms with Crippen LogP contribution < -0.4 is 0 Å². The zero-order valence-electron chi connectivity index (χ0n) is 17.7. The molecule has 0 aliphatic rings. The van der Waals surface area contributed by atoms with Crippen LogP contribution in [0.15, 0.2) is 48.5 Å². The number of rotatable bonds is 7. The van der Waals surface area contributed by atoms with Gasteiger partial charge in [0.25, 0.3) is 0 Å². The van der Waals surface area contributed by atoms with Crippen LogP contribution in [0.5, 0.6) is 5.75 Å². The largest absolute Gasteiger partial charge is 0.508 e. The summed E-state index contributed by atoms with van der Waals surface area (Å²) in [4.78, 5) is 2.52. The van der Waals surface area contributed by atoms with Crippen LogP contribution in [0.4, 0.5) is 0 Å². The van der Waals surface area contributed by atoms with Gasteiger partial charge >= 0.3 is 0 Å². The molecule has 1 N–H and O–H groups in total. The molecule has 0 aliphatic carbocycles. The molecule has 2 aromatic carbocycles. The summed E-state index contributed by atoms with van der Waals surface area (Å²) in [5.74, 6) is 0.612. The van der Waals surface area contributed by atoms with Gasteiger partial charge in [-0.15, -0.1) is 0 Å². The van der Waals surface area contributed by atoms with Crippen molar-refractivity contribution in [2.45, 2.75) is 72.9 Å². The van der Waals surface area contributed by atoms with Gasteiger partial charge in [-0.2, -0.15) is 0 Å². The van der Waals surface area contributed by atoms with E-state index in [4.69, 9.17) is 0 Å². The molecule has 0 amide bonds. The molecule has 0 bridgehead atoms. The molecule has 0 spiro atoms. The van der Waals surface area contributed by atoms with E-state index < -0.39 is 0 Å². The van der Waals surface area contributed by atoms with Gasteiger partial charge in [-0.25, -0.2) is 0 Å². The summed E-state index contributed by atoms with van der Waals surface area (Å²) in [6.45, 7) is 16.1. The quantitative estimate of drug-likeness (QED) is 0.624. The second-order valence-corrected chi connectivity index (χ2v) is 7.24. The molecule has 2 rings (SSSR count). The maximum Gasteiger partial charge on any atom is 0.119 e. The Bertz CT molecular complexity index is 626. The number of hydrogen-bond donors (Lipinski definition) is 1. The van der Waals surface area contributed by atoms with E-state index in [9.17, 15) is 5.11 Å². The van der Waals surface area contributed by atoms with Crippen LogP contribution in [0.2, 0.25) is 0 Å². The zero-order chi connectivity index (χ0) is 19.7. The number of phenolic OH excluding ortho intramolecular Hbond substituents is 1. The van der Waals surface area contributed by atoms with Gasteiger partial charge in [0, 0.05) is 23.6 Å². The Morgan fingerprint density at radius 2 is 1.46 bits per heavy atom. The van der Waals surface area contributed by atoms with Crippen molar-refractivity contribution < 1.29 is 5.11 Å². The van der Waals surface area contributed by atoms with Crippen LogP contribution in [0.1, 0.15) is 70.6 Å². The summed E-state index contributed by atoms with van der Waals surface area (Å²) in [6, 6.07) is 17.5. The molecule has 0 radical (unpaired) electrons. The molecule has 0 aliphatic heterocycles. The van der Waals surface area contributed by atoms with E-state index in [-0.39, 0.29) is 5.92 Å². The number of phenols is 1. The fourth-order valence-corrected chi connectivity index (χ4v) is 3.53. The van der Waals surface area contributed by atoms with Gasteiger partial charge in [-0.05, 0) is 59.2 Å². The smallest absolute Gasteiger partial charge is 0.119 e. The van der Waals surface area contributed by atoms with Gasteiger partial charge in [0.05, 0.1) is 0 Å². The first kappa shape index (κ1) is 22.2. The van der Waals surface area contributed by atoms with E-state index in [1.807, 2.05) is 32.0 Å². The van der Waals surface area contributed by atoms with Crippen LogP contribution in [0.3, 0.4) is 0 Å². The molecule has 0 unspecified atom stereocenters. The van der Waals surface area contributed by atoms with Gasteiger partial charge in [0.15, 0.2) is 0 Å². The highest BCUT2D eigenvalue weighted by atomic mass is 16.3. The zero-order valence-corrected chi connectivity index (χ0v) is 17.7. The first-order valence-electron chi connectivity index (χ1n) is 10.00. The molecule has 2 nitrogen and oxygen atoms in total. The fraction of sp³-hybridized carbons (Fsp3) is 0.500. The molecule has 144 valence electrons. The Balaban J connectivity index is 0.00000163. The van der Waals surface area contributed by atoms with Gasteiger partial charge in [-0.1, -0.05) is 61.9 Å². The molecule has 0 saturated heterocycles. The SMILES string of the molecule is CC.Cc1ccc(O)c([C@H](CCN(C(C)C)C(C)C)c2ccccc2)c1. The molecule has 0 fully saturated rings. The molecular weight excluding hydrogens is 318 g/mol. The summed E-state index contributed by atoms with van der Waals surface area (Å²) >= 11 is 0. The van der Waals surface area contributed by atoms with Crippen LogP contribution in [0, 0.1) is 6.92 Å². The Morgan fingerprint density at radius 1 is 0.885 bits per heavy atom. The Kier molecular flexibility index (Phi) is 9.43. The third kappa shape index (κ3) is 6.17. The first-order chi connectivity index (χ1) is 12.4. The van der Waals surface area contributed by atoms with Gasteiger partial charge in [0.1, 0.15) is 5.75 Å². The second-order valence-electron chi connectivity index (χ2n) is 7.24. The molecule has 2 aromatic rings. The summed E-state index contributed by atoms with van der Waals surface area (Å²) in [5.41, 5.74) is 3.49. The Hall–Kier alpha value is -1.80. The number of hydrogen-bond acceptors (Lipinski definition) is 2. The van der Waals surface area contributed by atoms with Crippen molar-refractivity contribution >= 4 is 0 Å². The van der Waals surface area contributed by atoms with Crippen molar-refractivity contribution in [2.75, 3.05) is 6.54 Å². The van der Waals surface area contributed by atoms with E-state index >= 15 is 0 Å². The van der Waals surface area contributed by atoms with Crippen molar-refractivity contribution in [1.29, 1.82) is 0 Å². The summed E-state index contributed by atoms with van der Waals surface area (Å²) in [7, 11) is 0. The topological polar surface area (TPSA) is 23.5 Å². The monoisotopic (exact) mass is 355 g/mol. The van der Waals surface area contributed by atoms with E-state index in [1.165, 1.54) is 11.1 Å². The van der Waals surface area contributed by atoms with Crippen molar-refractivity contribution in [3.63, 3.8) is 0 Å². The lowest BCUT2D eigenvalue weighted by molar-refractivity contribution is 0.170. The normalized spacial score (nSPS) is 12.2. The van der Waals surface area contributed by atoms with Crippen LogP contribution in [0.25, 0.3) is 0 Å². The number of aromatic hydroxyl groups is 1. The van der Waals surface area contributed by atoms with Crippen LogP contribution in [-0.4, -0.2) is 28.6 Å². The van der Waals surface area contributed by atoms with E-state index in [0.717, 1.165) is 18.5 Å². The molecule has 1 atom stereocenters. The fourth-order valence-electron chi connectivity index (χ4n) is 3.53. The molecule has 26 heavy (non-hydrogen) atoms. The van der Waals surface area contributed by atoms with Crippen LogP contribution in [-0.2, 0) is 0 Å². The van der Waals surface area contributed by atoms with Crippen molar-refractivity contribution in [2.24, 2.45) is 0 Å². The highest BCUT2D eigenvalue weighted by Crippen LogP contribution is 2.35. The van der Waals surface area contributed by atoms with Crippen LogP contribution >= 0.6 is 0 Å². The predicted octanol–water partition coefficient (Wildman–Crippen LogP) is 6.37. The lowest BCUT2D eigenvalue weighted by atomic mass is 9.87. The van der Waals surface area contributed by atoms with Gasteiger partial charge in [-0.3, -0.25) is 4.90 Å². The molecule has 0 saturated carbocycles. The third-order valence-electron chi connectivity index (χ3n) is 4.76.